The molecule has 0 radical (unpaired) electrons. The summed E-state index contributed by atoms with van der Waals surface area (Å²) in [4.78, 5) is 11.1. The van der Waals surface area contributed by atoms with E-state index in [1.807, 2.05) is 0 Å². The molecule has 0 aliphatic rings. The van der Waals surface area contributed by atoms with Crippen molar-refractivity contribution in [2.45, 2.75) is 6.18 Å². The fourth-order valence-electron chi connectivity index (χ4n) is 2.42. The Hall–Kier alpha value is -3.10. The fourth-order valence-corrected chi connectivity index (χ4v) is 2.42. The van der Waals surface area contributed by atoms with E-state index in [1.165, 1.54) is 18.5 Å². The van der Waals surface area contributed by atoms with Gasteiger partial charge in [-0.15, -0.1) is 0 Å². The smallest absolute Gasteiger partial charge is 0.346 e. The SMILES string of the molecule is FC(F)(F)c1n[nH]c2ccc(Nc3ncnc4[nH]ccc34)cc12. The highest BCUT2D eigenvalue weighted by atomic mass is 19.4. The minimum absolute atomic E-state index is 0.00173. The average Bonchev–Trinajstić information content (AvgIpc) is 3.13. The Morgan fingerprint density at radius 2 is 1.91 bits per heavy atom. The number of hydrogen-bond donors (Lipinski definition) is 3. The normalized spacial score (nSPS) is 12.1. The number of nitrogens with zero attached hydrogens (tertiary/aromatic N) is 3. The molecule has 4 aromatic rings. The van der Waals surface area contributed by atoms with Gasteiger partial charge < -0.3 is 10.3 Å². The monoisotopic (exact) mass is 318 g/mol. The van der Waals surface area contributed by atoms with Crippen LogP contribution >= 0.6 is 0 Å². The lowest BCUT2D eigenvalue weighted by Crippen LogP contribution is -2.06. The summed E-state index contributed by atoms with van der Waals surface area (Å²) in [5, 5.41) is 9.49. The van der Waals surface area contributed by atoms with Crippen molar-refractivity contribution in [3.63, 3.8) is 0 Å². The van der Waals surface area contributed by atoms with Gasteiger partial charge in [-0.1, -0.05) is 0 Å². The van der Waals surface area contributed by atoms with Gasteiger partial charge in [0.2, 0.25) is 0 Å². The number of rotatable bonds is 2. The van der Waals surface area contributed by atoms with Crippen LogP contribution < -0.4 is 5.32 Å². The third-order valence-corrected chi connectivity index (χ3v) is 3.45. The molecule has 0 amide bonds. The predicted octanol–water partition coefficient (Wildman–Crippen LogP) is 3.60. The van der Waals surface area contributed by atoms with Crippen molar-refractivity contribution in [1.82, 2.24) is 25.1 Å². The van der Waals surface area contributed by atoms with Crippen molar-refractivity contribution in [3.05, 3.63) is 42.5 Å². The molecule has 0 aliphatic carbocycles. The quantitative estimate of drug-likeness (QED) is 0.527. The Labute approximate surface area is 126 Å². The van der Waals surface area contributed by atoms with E-state index in [9.17, 15) is 13.2 Å². The summed E-state index contributed by atoms with van der Waals surface area (Å²) >= 11 is 0. The van der Waals surface area contributed by atoms with E-state index < -0.39 is 11.9 Å². The van der Waals surface area contributed by atoms with E-state index in [0.29, 0.717) is 22.7 Å². The van der Waals surface area contributed by atoms with Gasteiger partial charge in [0.05, 0.1) is 10.9 Å². The third-order valence-electron chi connectivity index (χ3n) is 3.45. The molecule has 9 heteroatoms. The molecule has 116 valence electrons. The van der Waals surface area contributed by atoms with Crippen molar-refractivity contribution in [2.75, 3.05) is 5.32 Å². The van der Waals surface area contributed by atoms with E-state index in [1.54, 1.807) is 18.3 Å². The van der Waals surface area contributed by atoms with Crippen LogP contribution in [-0.4, -0.2) is 25.1 Å². The number of fused-ring (bicyclic) bond motifs is 2. The zero-order valence-corrected chi connectivity index (χ0v) is 11.4. The molecule has 6 nitrogen and oxygen atoms in total. The van der Waals surface area contributed by atoms with Crippen LogP contribution in [-0.2, 0) is 6.18 Å². The number of H-pyrrole nitrogens is 2. The molecule has 0 saturated carbocycles. The first-order chi connectivity index (χ1) is 11.0. The molecule has 0 unspecified atom stereocenters. The van der Waals surface area contributed by atoms with E-state index in [4.69, 9.17) is 0 Å². The lowest BCUT2D eigenvalue weighted by molar-refractivity contribution is -0.139. The van der Waals surface area contributed by atoms with Crippen LogP contribution in [0.25, 0.3) is 21.9 Å². The molecule has 23 heavy (non-hydrogen) atoms. The van der Waals surface area contributed by atoms with Crippen molar-refractivity contribution >= 4 is 33.4 Å². The standard InChI is InChI=1S/C14H9F3N6/c15-14(16,17)11-9-5-7(1-2-10(9)22-23-11)21-13-8-3-4-18-12(8)19-6-20-13/h1-6H,(H,22,23)(H2,18,19,20,21). The summed E-state index contributed by atoms with van der Waals surface area (Å²) in [6.45, 7) is 0. The zero-order valence-electron chi connectivity index (χ0n) is 11.4. The molecule has 3 heterocycles. The van der Waals surface area contributed by atoms with Gasteiger partial charge in [-0.05, 0) is 24.3 Å². The largest absolute Gasteiger partial charge is 0.435 e. The number of hydrogen-bond acceptors (Lipinski definition) is 4. The minimum Gasteiger partial charge on any atom is -0.346 e. The molecule has 4 rings (SSSR count). The first-order valence-corrected chi connectivity index (χ1v) is 6.63. The van der Waals surface area contributed by atoms with Gasteiger partial charge in [0.1, 0.15) is 17.8 Å². The summed E-state index contributed by atoms with van der Waals surface area (Å²) in [5.74, 6) is 0.507. The Morgan fingerprint density at radius 1 is 1.04 bits per heavy atom. The maximum absolute atomic E-state index is 12.9. The van der Waals surface area contributed by atoms with Gasteiger partial charge in [0.25, 0.3) is 0 Å². The summed E-state index contributed by atoms with van der Waals surface area (Å²) in [5.41, 5.74) is 0.497. The average molecular weight is 318 g/mol. The number of aromatic nitrogens is 5. The molecule has 0 fully saturated rings. The summed E-state index contributed by atoms with van der Waals surface area (Å²) in [6.07, 6.45) is -1.43. The van der Waals surface area contributed by atoms with Crippen LogP contribution in [0.1, 0.15) is 5.69 Å². The fraction of sp³-hybridized carbons (Fsp3) is 0.0714. The Morgan fingerprint density at radius 3 is 2.74 bits per heavy atom. The molecular formula is C14H9F3N6. The highest BCUT2D eigenvalue weighted by Gasteiger charge is 2.35. The van der Waals surface area contributed by atoms with E-state index in [0.717, 1.165) is 5.39 Å². The van der Waals surface area contributed by atoms with E-state index in [2.05, 4.69) is 30.5 Å². The lowest BCUT2D eigenvalue weighted by atomic mass is 10.2. The zero-order chi connectivity index (χ0) is 16.0. The Balaban J connectivity index is 1.79. The number of aromatic amines is 2. The molecule has 0 saturated heterocycles. The first-order valence-electron chi connectivity index (χ1n) is 6.63. The van der Waals surface area contributed by atoms with Gasteiger partial charge in [-0.25, -0.2) is 9.97 Å². The van der Waals surface area contributed by atoms with Gasteiger partial charge >= 0.3 is 6.18 Å². The molecule has 0 spiro atoms. The molecular weight excluding hydrogens is 309 g/mol. The maximum atomic E-state index is 12.9. The van der Waals surface area contributed by atoms with Crippen LogP contribution in [0, 0.1) is 0 Å². The first kappa shape index (κ1) is 13.6. The van der Waals surface area contributed by atoms with Crippen LogP contribution in [0.4, 0.5) is 24.7 Å². The van der Waals surface area contributed by atoms with Crippen LogP contribution in [0.5, 0.6) is 0 Å². The van der Waals surface area contributed by atoms with Crippen molar-refractivity contribution in [1.29, 1.82) is 0 Å². The van der Waals surface area contributed by atoms with Crippen LogP contribution in [0.2, 0.25) is 0 Å². The second kappa shape index (κ2) is 4.70. The Kier molecular flexibility index (Phi) is 2.77. The lowest BCUT2D eigenvalue weighted by Gasteiger charge is -2.07. The molecule has 3 aromatic heterocycles. The number of nitrogens with one attached hydrogen (secondary N) is 3. The summed E-state index contributed by atoms with van der Waals surface area (Å²) in [6, 6.07) is 6.37. The van der Waals surface area contributed by atoms with Crippen LogP contribution in [0.15, 0.2) is 36.8 Å². The molecule has 0 atom stereocenters. The highest BCUT2D eigenvalue weighted by Crippen LogP contribution is 2.34. The van der Waals surface area contributed by atoms with E-state index >= 15 is 0 Å². The summed E-state index contributed by atoms with van der Waals surface area (Å²) in [7, 11) is 0. The van der Waals surface area contributed by atoms with Gasteiger partial charge in [-0.3, -0.25) is 5.10 Å². The Bertz CT molecular complexity index is 1000. The van der Waals surface area contributed by atoms with Gasteiger partial charge in [-0.2, -0.15) is 18.3 Å². The molecule has 0 bridgehead atoms. The number of alkyl halides is 3. The topological polar surface area (TPSA) is 82.3 Å². The summed E-state index contributed by atoms with van der Waals surface area (Å²) < 4.78 is 38.8. The van der Waals surface area contributed by atoms with Gasteiger partial charge in [0, 0.05) is 17.3 Å². The minimum atomic E-state index is -4.51. The number of benzene rings is 1. The van der Waals surface area contributed by atoms with Crippen molar-refractivity contribution in [2.24, 2.45) is 0 Å². The molecule has 1 aromatic carbocycles. The van der Waals surface area contributed by atoms with Gasteiger partial charge in [0.15, 0.2) is 5.69 Å². The predicted molar refractivity (Wildman–Crippen MR) is 78.3 cm³/mol. The third kappa shape index (κ3) is 2.26. The van der Waals surface area contributed by atoms with Crippen molar-refractivity contribution < 1.29 is 13.2 Å². The number of halogens is 3. The van der Waals surface area contributed by atoms with E-state index in [-0.39, 0.29) is 5.39 Å². The second-order valence-corrected chi connectivity index (χ2v) is 4.92. The highest BCUT2D eigenvalue weighted by molar-refractivity contribution is 5.91. The number of anilines is 2. The van der Waals surface area contributed by atoms with Crippen molar-refractivity contribution in [3.8, 4) is 0 Å². The second-order valence-electron chi connectivity index (χ2n) is 4.92. The maximum Gasteiger partial charge on any atom is 0.435 e. The molecule has 3 N–H and O–H groups in total. The molecule has 0 aliphatic heterocycles. The van der Waals surface area contributed by atoms with Crippen LogP contribution in [0.3, 0.4) is 0 Å².